The van der Waals surface area contributed by atoms with Crippen molar-refractivity contribution in [2.45, 2.75) is 32.7 Å². The Balaban J connectivity index is 2.60. The van der Waals surface area contributed by atoms with E-state index < -0.39 is 0 Å². The summed E-state index contributed by atoms with van der Waals surface area (Å²) in [6.45, 7) is 6.12. The molecule has 1 rings (SSSR count). The lowest BCUT2D eigenvalue weighted by Gasteiger charge is -2.43. The van der Waals surface area contributed by atoms with Crippen LogP contribution >= 0.6 is 0 Å². The molecule has 1 heteroatoms. The van der Waals surface area contributed by atoms with E-state index in [-0.39, 0.29) is 0 Å². The van der Waals surface area contributed by atoms with E-state index in [4.69, 9.17) is 0 Å². The Bertz CT molecular complexity index is 118. The highest BCUT2D eigenvalue weighted by Gasteiger charge is 2.32. The number of rotatable bonds is 0. The molecule has 1 heterocycles. The zero-order valence-corrected chi connectivity index (χ0v) is 7.72. The minimum absolute atomic E-state index is 0.855. The van der Waals surface area contributed by atoms with Gasteiger partial charge in [0.1, 0.15) is 0 Å². The van der Waals surface area contributed by atoms with E-state index in [9.17, 15) is 0 Å². The van der Waals surface area contributed by atoms with Crippen LogP contribution in [-0.2, 0) is 0 Å². The van der Waals surface area contributed by atoms with Crippen molar-refractivity contribution >= 4 is 0 Å². The van der Waals surface area contributed by atoms with E-state index >= 15 is 0 Å². The van der Waals surface area contributed by atoms with Crippen molar-refractivity contribution in [2.75, 3.05) is 20.6 Å². The summed E-state index contributed by atoms with van der Waals surface area (Å²) in [5.41, 5.74) is 0. The molecule has 10 heavy (non-hydrogen) atoms. The van der Waals surface area contributed by atoms with Crippen LogP contribution in [0.25, 0.3) is 0 Å². The number of piperidine rings is 1. The maximum atomic E-state index is 2.38. The van der Waals surface area contributed by atoms with E-state index in [0.717, 1.165) is 12.0 Å². The monoisotopic (exact) mass is 142 g/mol. The smallest absolute Gasteiger partial charge is 0.0883 e. The summed E-state index contributed by atoms with van der Waals surface area (Å²) >= 11 is 0. The number of hydrogen-bond donors (Lipinski definition) is 0. The highest BCUT2D eigenvalue weighted by molar-refractivity contribution is 4.66. The van der Waals surface area contributed by atoms with E-state index in [1.54, 1.807) is 0 Å². The first-order chi connectivity index (χ1) is 4.54. The molecule has 0 radical (unpaired) electrons. The molecule has 1 nitrogen and oxygen atoms in total. The zero-order valence-electron chi connectivity index (χ0n) is 7.72. The average Bonchev–Trinajstić information content (AvgIpc) is 1.83. The molecule has 1 aliphatic rings. The summed E-state index contributed by atoms with van der Waals surface area (Å²) in [6, 6.07) is 0.855. The Labute approximate surface area is 64.6 Å². The van der Waals surface area contributed by atoms with Crippen LogP contribution in [0.3, 0.4) is 0 Å². The Kier molecular flexibility index (Phi) is 2.04. The maximum absolute atomic E-state index is 2.38. The van der Waals surface area contributed by atoms with E-state index in [1.165, 1.54) is 23.9 Å². The summed E-state index contributed by atoms with van der Waals surface area (Å²) in [5.74, 6) is 0.920. The fourth-order valence-corrected chi connectivity index (χ4v) is 1.95. The quantitative estimate of drug-likeness (QED) is 0.453. The Morgan fingerprint density at radius 3 is 2.20 bits per heavy atom. The SMILES string of the molecule is CC1CCC[N+](C)(C)C1C. The average molecular weight is 142 g/mol. The van der Waals surface area contributed by atoms with Crippen molar-refractivity contribution in [1.82, 2.24) is 0 Å². The molecule has 0 amide bonds. The third kappa shape index (κ3) is 1.34. The maximum Gasteiger partial charge on any atom is 0.0883 e. The molecule has 2 atom stereocenters. The molecule has 2 unspecified atom stereocenters. The lowest BCUT2D eigenvalue weighted by atomic mass is 9.91. The molecule has 0 bridgehead atoms. The van der Waals surface area contributed by atoms with E-state index in [2.05, 4.69) is 27.9 Å². The molecule has 0 saturated carbocycles. The predicted molar refractivity (Wildman–Crippen MR) is 44.8 cm³/mol. The molecular formula is C9H20N+. The van der Waals surface area contributed by atoms with Gasteiger partial charge in [0.25, 0.3) is 0 Å². The van der Waals surface area contributed by atoms with Gasteiger partial charge in [0.05, 0.1) is 26.7 Å². The highest BCUT2D eigenvalue weighted by atomic mass is 15.3. The van der Waals surface area contributed by atoms with E-state index in [0.29, 0.717) is 0 Å². The number of quaternary nitrogens is 1. The van der Waals surface area contributed by atoms with Crippen LogP contribution < -0.4 is 0 Å². The second kappa shape index (κ2) is 2.54. The molecule has 0 aromatic carbocycles. The van der Waals surface area contributed by atoms with Crippen LogP contribution in [0.1, 0.15) is 26.7 Å². The Hall–Kier alpha value is -0.0400. The topological polar surface area (TPSA) is 0 Å². The third-order valence-corrected chi connectivity index (χ3v) is 3.32. The normalized spacial score (nSPS) is 39.6. The van der Waals surface area contributed by atoms with Gasteiger partial charge in [0, 0.05) is 5.92 Å². The summed E-state index contributed by atoms with van der Waals surface area (Å²) in [7, 11) is 4.70. The molecule has 0 N–H and O–H groups in total. The molecule has 0 aromatic rings. The molecule has 1 saturated heterocycles. The van der Waals surface area contributed by atoms with Crippen molar-refractivity contribution < 1.29 is 4.48 Å². The van der Waals surface area contributed by atoms with Crippen molar-refractivity contribution in [3.63, 3.8) is 0 Å². The molecule has 0 aliphatic carbocycles. The second-order valence-electron chi connectivity index (χ2n) is 4.36. The van der Waals surface area contributed by atoms with Crippen LogP contribution in [-0.4, -0.2) is 31.2 Å². The van der Waals surface area contributed by atoms with Crippen LogP contribution in [0.5, 0.6) is 0 Å². The minimum Gasteiger partial charge on any atom is -0.326 e. The van der Waals surface area contributed by atoms with Crippen LogP contribution in [0.15, 0.2) is 0 Å². The van der Waals surface area contributed by atoms with Crippen molar-refractivity contribution in [2.24, 2.45) is 5.92 Å². The van der Waals surface area contributed by atoms with Gasteiger partial charge < -0.3 is 4.48 Å². The first kappa shape index (κ1) is 8.06. The lowest BCUT2D eigenvalue weighted by Crippen LogP contribution is -2.53. The molecular weight excluding hydrogens is 122 g/mol. The number of nitrogens with zero attached hydrogens (tertiary/aromatic N) is 1. The van der Waals surface area contributed by atoms with Crippen molar-refractivity contribution in [3.8, 4) is 0 Å². The predicted octanol–water partition coefficient (Wildman–Crippen LogP) is 1.88. The van der Waals surface area contributed by atoms with Gasteiger partial charge >= 0.3 is 0 Å². The van der Waals surface area contributed by atoms with Crippen LogP contribution in [0, 0.1) is 5.92 Å². The summed E-state index contributed by atoms with van der Waals surface area (Å²) in [4.78, 5) is 0. The van der Waals surface area contributed by atoms with Crippen LogP contribution in [0.2, 0.25) is 0 Å². The van der Waals surface area contributed by atoms with Crippen molar-refractivity contribution in [3.05, 3.63) is 0 Å². The summed E-state index contributed by atoms with van der Waals surface area (Å²) in [6.07, 6.45) is 2.85. The minimum atomic E-state index is 0.855. The van der Waals surface area contributed by atoms with Gasteiger partial charge in [-0.05, 0) is 19.8 Å². The molecule has 0 spiro atoms. The lowest BCUT2D eigenvalue weighted by molar-refractivity contribution is -0.922. The molecule has 60 valence electrons. The van der Waals surface area contributed by atoms with Gasteiger partial charge in [-0.1, -0.05) is 6.92 Å². The van der Waals surface area contributed by atoms with Crippen LogP contribution in [0.4, 0.5) is 0 Å². The Morgan fingerprint density at radius 1 is 1.20 bits per heavy atom. The summed E-state index contributed by atoms with van der Waals surface area (Å²) < 4.78 is 1.22. The first-order valence-corrected chi connectivity index (χ1v) is 4.37. The highest BCUT2D eigenvalue weighted by Crippen LogP contribution is 2.25. The van der Waals surface area contributed by atoms with Crippen molar-refractivity contribution in [1.29, 1.82) is 0 Å². The summed E-state index contributed by atoms with van der Waals surface area (Å²) in [5, 5.41) is 0. The first-order valence-electron chi connectivity index (χ1n) is 4.37. The Morgan fingerprint density at radius 2 is 1.80 bits per heavy atom. The number of likely N-dealkylation sites (tertiary alicyclic amines) is 1. The fraction of sp³-hybridized carbons (Fsp3) is 1.00. The fourth-order valence-electron chi connectivity index (χ4n) is 1.95. The van der Waals surface area contributed by atoms with Gasteiger partial charge in [-0.25, -0.2) is 0 Å². The van der Waals surface area contributed by atoms with E-state index in [1.807, 2.05) is 0 Å². The van der Waals surface area contributed by atoms with Gasteiger partial charge in [0.2, 0.25) is 0 Å². The van der Waals surface area contributed by atoms with Gasteiger partial charge in [-0.2, -0.15) is 0 Å². The third-order valence-electron chi connectivity index (χ3n) is 3.32. The molecule has 0 aromatic heterocycles. The van der Waals surface area contributed by atoms with Gasteiger partial charge in [-0.15, -0.1) is 0 Å². The standard InChI is InChI=1S/C9H20N/c1-8-6-5-7-10(3,4)9(8)2/h8-9H,5-7H2,1-4H3/q+1. The van der Waals surface area contributed by atoms with Gasteiger partial charge in [-0.3, -0.25) is 0 Å². The number of hydrogen-bond acceptors (Lipinski definition) is 0. The van der Waals surface area contributed by atoms with Gasteiger partial charge in [0.15, 0.2) is 0 Å². The second-order valence-corrected chi connectivity index (χ2v) is 4.36. The largest absolute Gasteiger partial charge is 0.326 e. The zero-order chi connectivity index (χ0) is 7.78. The molecule has 1 aliphatic heterocycles. The molecule has 1 fully saturated rings.